The molecule has 0 atom stereocenters. The average molecular weight is 384 g/mol. The highest BCUT2D eigenvalue weighted by Gasteiger charge is 2.27. The lowest BCUT2D eigenvalue weighted by Crippen LogP contribution is -2.34. The van der Waals surface area contributed by atoms with Crippen LogP contribution >= 0.6 is 0 Å². The number of nitrogens with one attached hydrogen (secondary N) is 1. The van der Waals surface area contributed by atoms with Crippen LogP contribution in [0.15, 0.2) is 53.7 Å². The third-order valence-corrected chi connectivity index (χ3v) is 6.52. The van der Waals surface area contributed by atoms with Crippen LogP contribution in [0.5, 0.6) is 0 Å². The highest BCUT2D eigenvalue weighted by molar-refractivity contribution is 7.89. The maximum atomic E-state index is 12.7. The van der Waals surface area contributed by atoms with Gasteiger partial charge in [0.1, 0.15) is 10.6 Å². The maximum Gasteiger partial charge on any atom is 0.270 e. The topological polar surface area (TPSA) is 92.3 Å². The predicted molar refractivity (Wildman–Crippen MR) is 100 cm³/mol. The van der Waals surface area contributed by atoms with Crippen LogP contribution in [0.4, 0.5) is 0 Å². The second kappa shape index (κ2) is 7.21. The quantitative estimate of drug-likeness (QED) is 0.849. The van der Waals surface area contributed by atoms with Crippen molar-refractivity contribution in [3.8, 4) is 0 Å². The van der Waals surface area contributed by atoms with E-state index in [-0.39, 0.29) is 23.4 Å². The molecule has 2 aromatic rings. The number of carbonyl (C=O) groups excluding carboxylic acids is 1. The van der Waals surface area contributed by atoms with Crippen LogP contribution < -0.4 is 5.32 Å². The summed E-state index contributed by atoms with van der Waals surface area (Å²) in [4.78, 5) is 20.7. The van der Waals surface area contributed by atoms with Gasteiger partial charge in [0.2, 0.25) is 10.0 Å². The number of sulfonamides is 1. The van der Waals surface area contributed by atoms with Gasteiger partial charge in [0, 0.05) is 31.5 Å². The summed E-state index contributed by atoms with van der Waals surface area (Å²) in [6.45, 7) is 0.635. The first-order valence-corrected chi connectivity index (χ1v) is 10.4. The Kier molecular flexibility index (Phi) is 4.75. The van der Waals surface area contributed by atoms with Gasteiger partial charge in [-0.15, -0.1) is 0 Å². The predicted octanol–water partition coefficient (Wildman–Crippen LogP) is 1.85. The minimum Gasteiger partial charge on any atom is -0.348 e. The van der Waals surface area contributed by atoms with Crippen LogP contribution in [0.1, 0.15) is 35.4 Å². The van der Waals surface area contributed by atoms with Crippen molar-refractivity contribution in [2.24, 2.45) is 0 Å². The minimum atomic E-state index is -3.55. The summed E-state index contributed by atoms with van der Waals surface area (Å²) < 4.78 is 26.8. The molecule has 2 aliphatic rings. The summed E-state index contributed by atoms with van der Waals surface area (Å²) >= 11 is 0. The van der Waals surface area contributed by atoms with Crippen LogP contribution in [0.2, 0.25) is 0 Å². The third-order valence-electron chi connectivity index (χ3n) is 4.67. The normalized spacial score (nSPS) is 18.0. The van der Waals surface area contributed by atoms with E-state index >= 15 is 0 Å². The zero-order valence-electron chi connectivity index (χ0n) is 14.7. The Morgan fingerprint density at radius 3 is 2.70 bits per heavy atom. The Labute approximate surface area is 158 Å². The molecule has 1 aliphatic carbocycles. The smallest absolute Gasteiger partial charge is 0.270 e. The molecule has 2 aromatic heterocycles. The molecule has 4 rings (SSSR count). The van der Waals surface area contributed by atoms with Crippen molar-refractivity contribution in [3.05, 3.63) is 60.2 Å². The molecule has 0 saturated heterocycles. The first-order valence-electron chi connectivity index (χ1n) is 8.91. The fourth-order valence-electron chi connectivity index (χ4n) is 2.98. The molecule has 3 heterocycles. The molecule has 1 fully saturated rings. The van der Waals surface area contributed by atoms with Gasteiger partial charge in [0.25, 0.3) is 5.91 Å². The summed E-state index contributed by atoms with van der Waals surface area (Å²) in [5.74, 6) is -0.156. The lowest BCUT2D eigenvalue weighted by Gasteiger charge is -2.25. The molecule has 0 spiro atoms. The molecular weight excluding hydrogens is 364 g/mol. The number of rotatable bonds is 5. The largest absolute Gasteiger partial charge is 0.348 e. The molecule has 0 unspecified atom stereocenters. The van der Waals surface area contributed by atoms with E-state index in [2.05, 4.69) is 15.3 Å². The summed E-state index contributed by atoms with van der Waals surface area (Å²) in [6.07, 6.45) is 7.36. The van der Waals surface area contributed by atoms with E-state index in [0.717, 1.165) is 24.1 Å². The monoisotopic (exact) mass is 384 g/mol. The van der Waals surface area contributed by atoms with E-state index in [1.165, 1.54) is 10.5 Å². The lowest BCUT2D eigenvalue weighted by atomic mass is 10.1. The Hall–Kier alpha value is -2.58. The van der Waals surface area contributed by atoms with Crippen molar-refractivity contribution >= 4 is 21.5 Å². The molecule has 8 heteroatoms. The van der Waals surface area contributed by atoms with Gasteiger partial charge < -0.3 is 5.32 Å². The van der Waals surface area contributed by atoms with Crippen molar-refractivity contribution in [2.45, 2.75) is 30.2 Å². The van der Waals surface area contributed by atoms with Gasteiger partial charge in [0.15, 0.2) is 0 Å². The van der Waals surface area contributed by atoms with E-state index in [9.17, 15) is 13.2 Å². The van der Waals surface area contributed by atoms with Gasteiger partial charge in [-0.25, -0.2) is 13.4 Å². The number of pyridine rings is 2. The molecule has 1 saturated carbocycles. The summed E-state index contributed by atoms with van der Waals surface area (Å²) in [5, 5.41) is 2.93. The van der Waals surface area contributed by atoms with Gasteiger partial charge in [-0.1, -0.05) is 12.1 Å². The van der Waals surface area contributed by atoms with Gasteiger partial charge in [-0.05, 0) is 49.1 Å². The highest BCUT2D eigenvalue weighted by Crippen LogP contribution is 2.25. The molecule has 7 nitrogen and oxygen atoms in total. The van der Waals surface area contributed by atoms with Crippen LogP contribution in [0.25, 0.3) is 5.57 Å². The Morgan fingerprint density at radius 2 is 2.04 bits per heavy atom. The molecule has 27 heavy (non-hydrogen) atoms. The summed E-state index contributed by atoms with van der Waals surface area (Å²) in [6, 6.07) is 8.80. The molecular formula is C19H20N4O3S. The molecule has 1 N–H and O–H groups in total. The van der Waals surface area contributed by atoms with Gasteiger partial charge >= 0.3 is 0 Å². The first kappa shape index (κ1) is 17.8. The Bertz CT molecular complexity index is 985. The molecule has 140 valence electrons. The van der Waals surface area contributed by atoms with E-state index in [1.54, 1.807) is 24.4 Å². The molecule has 0 aromatic carbocycles. The zero-order valence-corrected chi connectivity index (χ0v) is 15.5. The van der Waals surface area contributed by atoms with Gasteiger partial charge in [0.05, 0.1) is 5.69 Å². The maximum absolute atomic E-state index is 12.7. The highest BCUT2D eigenvalue weighted by atomic mass is 32.2. The third kappa shape index (κ3) is 3.91. The standard InChI is InChI=1S/C19H20N4O3S/c24-19(21-15-6-7-15)18-5-1-4-17(22-18)14-8-11-23(12-9-14)27(25,26)16-3-2-10-20-13-16/h1-5,8,10,13,15H,6-7,9,11-12H2,(H,21,24). The van der Waals surface area contributed by atoms with Crippen LogP contribution in [0, 0.1) is 0 Å². The molecule has 1 aliphatic heterocycles. The van der Waals surface area contributed by atoms with Gasteiger partial charge in [-0.3, -0.25) is 9.78 Å². The number of hydrogen-bond donors (Lipinski definition) is 1. The second-order valence-electron chi connectivity index (χ2n) is 6.69. The fraction of sp³-hybridized carbons (Fsp3) is 0.316. The zero-order chi connectivity index (χ0) is 18.9. The molecule has 1 amide bonds. The van der Waals surface area contributed by atoms with Crippen molar-refractivity contribution in [1.82, 2.24) is 19.6 Å². The van der Waals surface area contributed by atoms with Crippen molar-refractivity contribution in [3.63, 3.8) is 0 Å². The van der Waals surface area contributed by atoms with Crippen molar-refractivity contribution in [2.75, 3.05) is 13.1 Å². The SMILES string of the molecule is O=C(NC1CC1)c1cccc(C2=CCN(S(=O)(=O)c3cccnc3)CC2)n1. The number of carbonyl (C=O) groups is 1. The Balaban J connectivity index is 1.50. The molecule has 0 radical (unpaired) electrons. The van der Waals surface area contributed by atoms with E-state index in [0.29, 0.717) is 18.7 Å². The number of aromatic nitrogens is 2. The van der Waals surface area contributed by atoms with Crippen molar-refractivity contribution in [1.29, 1.82) is 0 Å². The second-order valence-corrected chi connectivity index (χ2v) is 8.62. The number of amides is 1. The van der Waals surface area contributed by atoms with Crippen LogP contribution in [-0.2, 0) is 10.0 Å². The minimum absolute atomic E-state index is 0.156. The van der Waals surface area contributed by atoms with E-state index in [1.807, 2.05) is 18.2 Å². The van der Waals surface area contributed by atoms with E-state index < -0.39 is 10.0 Å². The molecule has 0 bridgehead atoms. The van der Waals surface area contributed by atoms with Crippen LogP contribution in [-0.4, -0.2) is 47.7 Å². The van der Waals surface area contributed by atoms with Gasteiger partial charge in [-0.2, -0.15) is 4.31 Å². The summed E-state index contributed by atoms with van der Waals surface area (Å²) in [7, 11) is -3.55. The number of nitrogens with zero attached hydrogens (tertiary/aromatic N) is 3. The van der Waals surface area contributed by atoms with Crippen molar-refractivity contribution < 1.29 is 13.2 Å². The Morgan fingerprint density at radius 1 is 1.19 bits per heavy atom. The average Bonchev–Trinajstić information content (AvgIpc) is 3.53. The van der Waals surface area contributed by atoms with Crippen LogP contribution in [0.3, 0.4) is 0 Å². The van der Waals surface area contributed by atoms with E-state index in [4.69, 9.17) is 0 Å². The number of hydrogen-bond acceptors (Lipinski definition) is 5. The lowest BCUT2D eigenvalue weighted by molar-refractivity contribution is 0.0946. The summed E-state index contributed by atoms with van der Waals surface area (Å²) in [5.41, 5.74) is 2.07. The fourth-order valence-corrected chi connectivity index (χ4v) is 4.32. The first-order chi connectivity index (χ1) is 13.0.